The van der Waals surface area contributed by atoms with Gasteiger partial charge in [0.2, 0.25) is 11.8 Å². The summed E-state index contributed by atoms with van der Waals surface area (Å²) in [6.45, 7) is 1.97. The molecule has 2 aromatic rings. The van der Waals surface area contributed by atoms with Gasteiger partial charge in [-0.3, -0.25) is 9.59 Å². The van der Waals surface area contributed by atoms with Crippen molar-refractivity contribution >= 4 is 63.8 Å². The Morgan fingerprint density at radius 2 is 1.96 bits per heavy atom. The summed E-state index contributed by atoms with van der Waals surface area (Å²) >= 11 is 13.0. The van der Waals surface area contributed by atoms with Crippen LogP contribution in [-0.2, 0) is 9.59 Å². The van der Waals surface area contributed by atoms with Gasteiger partial charge in [0, 0.05) is 12.1 Å². The molecule has 0 spiro atoms. The van der Waals surface area contributed by atoms with Crippen LogP contribution in [-0.4, -0.2) is 28.4 Å². The van der Waals surface area contributed by atoms with Crippen LogP contribution in [0.2, 0.25) is 10.0 Å². The zero-order chi connectivity index (χ0) is 20.1. The lowest BCUT2D eigenvalue weighted by atomic mass is 10.2. The van der Waals surface area contributed by atoms with Crippen molar-refractivity contribution < 1.29 is 9.59 Å². The molecule has 1 unspecified atom stereocenters. The monoisotopic (exact) mass is 434 g/mol. The number of hydrogen-bond donors (Lipinski definition) is 2. The van der Waals surface area contributed by atoms with Crippen LogP contribution in [0.3, 0.4) is 0 Å². The first kappa shape index (κ1) is 20.4. The molecular weight excluding hydrogens is 419 g/mol. The van der Waals surface area contributed by atoms with Gasteiger partial charge in [0.15, 0.2) is 5.17 Å². The number of thioether (sulfide) groups is 1. The fourth-order valence-electron chi connectivity index (χ4n) is 2.34. The molecule has 0 aliphatic carbocycles. The molecule has 3 rings (SSSR count). The summed E-state index contributed by atoms with van der Waals surface area (Å²) in [5.74, 6) is -0.510. The highest BCUT2D eigenvalue weighted by molar-refractivity contribution is 8.15. The molecule has 0 bridgehead atoms. The van der Waals surface area contributed by atoms with Gasteiger partial charge < -0.3 is 10.6 Å². The second-order valence-corrected chi connectivity index (χ2v) is 8.04. The molecule has 1 atom stereocenters. The van der Waals surface area contributed by atoms with Crippen LogP contribution in [0.25, 0.3) is 0 Å². The van der Waals surface area contributed by atoms with Crippen molar-refractivity contribution in [2.24, 2.45) is 10.2 Å². The molecule has 28 heavy (non-hydrogen) atoms. The van der Waals surface area contributed by atoms with Crippen molar-refractivity contribution in [1.82, 2.24) is 5.32 Å². The molecule has 2 aromatic carbocycles. The molecule has 1 heterocycles. The van der Waals surface area contributed by atoms with E-state index in [1.807, 2.05) is 31.2 Å². The molecule has 0 aromatic heterocycles. The fourth-order valence-corrected chi connectivity index (χ4v) is 3.58. The van der Waals surface area contributed by atoms with Crippen LogP contribution < -0.4 is 10.6 Å². The van der Waals surface area contributed by atoms with E-state index in [2.05, 4.69) is 20.8 Å². The van der Waals surface area contributed by atoms with Gasteiger partial charge in [0.25, 0.3) is 0 Å². The Labute approximate surface area is 176 Å². The lowest BCUT2D eigenvalue weighted by Gasteiger charge is -2.07. The molecule has 2 amide bonds. The molecule has 0 saturated carbocycles. The van der Waals surface area contributed by atoms with E-state index in [9.17, 15) is 9.59 Å². The number of aryl methyl sites for hydroxylation is 1. The number of nitrogens with one attached hydrogen (secondary N) is 2. The normalized spacial score (nSPS) is 17.9. The van der Waals surface area contributed by atoms with Crippen molar-refractivity contribution in [3.05, 3.63) is 63.6 Å². The lowest BCUT2D eigenvalue weighted by Crippen LogP contribution is -2.28. The Morgan fingerprint density at radius 1 is 1.21 bits per heavy atom. The summed E-state index contributed by atoms with van der Waals surface area (Å²) < 4.78 is 0. The summed E-state index contributed by atoms with van der Waals surface area (Å²) in [4.78, 5) is 24.2. The van der Waals surface area contributed by atoms with Crippen molar-refractivity contribution in [3.63, 3.8) is 0 Å². The molecule has 1 aliphatic heterocycles. The number of amidine groups is 1. The van der Waals surface area contributed by atoms with Crippen LogP contribution in [0.1, 0.15) is 17.5 Å². The van der Waals surface area contributed by atoms with E-state index in [-0.39, 0.29) is 18.2 Å². The van der Waals surface area contributed by atoms with Crippen LogP contribution in [0.4, 0.5) is 5.69 Å². The average molecular weight is 435 g/mol. The van der Waals surface area contributed by atoms with Crippen molar-refractivity contribution in [2.75, 3.05) is 5.32 Å². The maximum Gasteiger partial charge on any atom is 0.240 e. The van der Waals surface area contributed by atoms with E-state index in [1.165, 1.54) is 18.0 Å². The van der Waals surface area contributed by atoms with Crippen LogP contribution in [0, 0.1) is 6.92 Å². The molecule has 144 valence electrons. The highest BCUT2D eigenvalue weighted by atomic mass is 35.5. The number of amides is 2. The van der Waals surface area contributed by atoms with Gasteiger partial charge in [-0.25, -0.2) is 0 Å². The lowest BCUT2D eigenvalue weighted by molar-refractivity contribution is -0.122. The largest absolute Gasteiger partial charge is 0.326 e. The summed E-state index contributed by atoms with van der Waals surface area (Å²) in [5, 5.41) is 14.0. The molecule has 6 nitrogen and oxygen atoms in total. The summed E-state index contributed by atoms with van der Waals surface area (Å²) in [6.07, 6.45) is 1.54. The second-order valence-electron chi connectivity index (χ2n) is 6.04. The van der Waals surface area contributed by atoms with Gasteiger partial charge in [0.05, 0.1) is 16.3 Å². The number of anilines is 1. The van der Waals surface area contributed by atoms with Crippen molar-refractivity contribution in [1.29, 1.82) is 0 Å². The number of carbonyl (C=O) groups is 2. The number of benzene rings is 2. The van der Waals surface area contributed by atoms with Crippen LogP contribution >= 0.6 is 35.0 Å². The molecule has 1 fully saturated rings. The smallest absolute Gasteiger partial charge is 0.240 e. The van der Waals surface area contributed by atoms with Crippen LogP contribution in [0.15, 0.2) is 52.7 Å². The highest BCUT2D eigenvalue weighted by Gasteiger charge is 2.32. The van der Waals surface area contributed by atoms with E-state index in [0.717, 1.165) is 11.1 Å². The SMILES string of the molecule is Cc1ccc(NC(=O)CC2SC(=NN=Cc3ccc(Cl)c(Cl)c3)NC2=O)cc1. The third kappa shape index (κ3) is 5.58. The third-order valence-corrected chi connectivity index (χ3v) is 5.59. The predicted molar refractivity (Wildman–Crippen MR) is 115 cm³/mol. The van der Waals surface area contributed by atoms with Gasteiger partial charge in [-0.15, -0.1) is 5.10 Å². The number of hydrogen-bond acceptors (Lipinski definition) is 5. The Morgan fingerprint density at radius 3 is 2.68 bits per heavy atom. The Bertz CT molecular complexity index is 961. The van der Waals surface area contributed by atoms with E-state index < -0.39 is 5.25 Å². The zero-order valence-corrected chi connectivity index (χ0v) is 17.1. The predicted octanol–water partition coefficient (Wildman–Crippen LogP) is 4.25. The minimum absolute atomic E-state index is 0.0416. The Kier molecular flexibility index (Phi) is 6.72. The number of carbonyl (C=O) groups excluding carboxylic acids is 2. The second kappa shape index (κ2) is 9.23. The maximum atomic E-state index is 12.2. The fraction of sp³-hybridized carbons (Fsp3) is 0.158. The summed E-state index contributed by atoms with van der Waals surface area (Å²) in [5.41, 5.74) is 2.52. The van der Waals surface area contributed by atoms with Gasteiger partial charge in [-0.05, 0) is 36.8 Å². The minimum atomic E-state index is -0.552. The van der Waals surface area contributed by atoms with E-state index in [4.69, 9.17) is 23.2 Å². The number of rotatable bonds is 5. The minimum Gasteiger partial charge on any atom is -0.326 e. The average Bonchev–Trinajstić information content (AvgIpc) is 2.99. The first-order valence-electron chi connectivity index (χ1n) is 8.31. The Balaban J connectivity index is 1.55. The van der Waals surface area contributed by atoms with Gasteiger partial charge in [0.1, 0.15) is 5.25 Å². The molecular formula is C19H16Cl2N4O2S. The van der Waals surface area contributed by atoms with Crippen molar-refractivity contribution in [2.45, 2.75) is 18.6 Å². The standard InChI is InChI=1S/C19H16Cl2N4O2S/c1-11-2-5-13(6-3-11)23-17(26)9-16-18(27)24-19(28-16)25-22-10-12-4-7-14(20)15(21)8-12/h2-8,10,16H,9H2,1H3,(H,23,26)(H,24,25,27). The van der Waals surface area contributed by atoms with Gasteiger partial charge in [-0.2, -0.15) is 5.10 Å². The number of nitrogens with zero attached hydrogens (tertiary/aromatic N) is 2. The quantitative estimate of drug-likeness (QED) is 0.544. The Hall–Kier alpha value is -2.35. The summed E-state index contributed by atoms with van der Waals surface area (Å²) in [7, 11) is 0. The van der Waals surface area contributed by atoms with E-state index in [1.54, 1.807) is 18.2 Å². The molecule has 0 radical (unpaired) electrons. The summed E-state index contributed by atoms with van der Waals surface area (Å²) in [6, 6.07) is 12.5. The maximum absolute atomic E-state index is 12.2. The zero-order valence-electron chi connectivity index (χ0n) is 14.8. The highest BCUT2D eigenvalue weighted by Crippen LogP contribution is 2.24. The van der Waals surface area contributed by atoms with E-state index >= 15 is 0 Å². The first-order chi connectivity index (χ1) is 13.4. The van der Waals surface area contributed by atoms with Gasteiger partial charge >= 0.3 is 0 Å². The topological polar surface area (TPSA) is 82.9 Å². The molecule has 1 saturated heterocycles. The number of halogens is 2. The van der Waals surface area contributed by atoms with Crippen molar-refractivity contribution in [3.8, 4) is 0 Å². The van der Waals surface area contributed by atoms with Gasteiger partial charge in [-0.1, -0.05) is 58.7 Å². The molecule has 9 heteroatoms. The van der Waals surface area contributed by atoms with Crippen LogP contribution in [0.5, 0.6) is 0 Å². The van der Waals surface area contributed by atoms with E-state index in [0.29, 0.717) is 20.9 Å². The first-order valence-corrected chi connectivity index (χ1v) is 9.94. The third-order valence-electron chi connectivity index (χ3n) is 3.78. The molecule has 1 aliphatic rings. The molecule has 2 N–H and O–H groups in total.